The van der Waals surface area contributed by atoms with Crippen molar-refractivity contribution in [1.29, 1.82) is 0 Å². The molecule has 2 aromatic carbocycles. The first-order valence-corrected chi connectivity index (χ1v) is 8.62. The summed E-state index contributed by atoms with van der Waals surface area (Å²) in [5.74, 6) is 0.119. The smallest absolute Gasteiger partial charge is 0.227 e. The van der Waals surface area contributed by atoms with Gasteiger partial charge in [0.15, 0.2) is 12.4 Å². The van der Waals surface area contributed by atoms with Crippen molar-refractivity contribution in [2.24, 2.45) is 0 Å². The first-order valence-electron chi connectivity index (χ1n) is 8.62. The molecule has 3 aromatic rings. The highest BCUT2D eigenvalue weighted by atomic mass is 16.1. The molecule has 2 nitrogen and oxygen atoms in total. The van der Waals surface area contributed by atoms with Crippen molar-refractivity contribution in [3.05, 3.63) is 90.3 Å². The highest BCUT2D eigenvalue weighted by molar-refractivity contribution is 5.95. The number of ketones is 1. The van der Waals surface area contributed by atoms with Crippen LogP contribution in [0.1, 0.15) is 36.7 Å². The average molecular weight is 330 g/mol. The van der Waals surface area contributed by atoms with Crippen LogP contribution < -0.4 is 4.57 Å². The lowest BCUT2D eigenvalue weighted by molar-refractivity contribution is -0.683. The third kappa shape index (κ3) is 4.21. The molecular weight excluding hydrogens is 306 g/mol. The van der Waals surface area contributed by atoms with Gasteiger partial charge in [-0.25, -0.2) is 0 Å². The lowest BCUT2D eigenvalue weighted by Gasteiger charge is -2.17. The molecule has 1 heterocycles. The van der Waals surface area contributed by atoms with Crippen molar-refractivity contribution in [2.75, 3.05) is 0 Å². The van der Waals surface area contributed by atoms with Crippen LogP contribution in [0.5, 0.6) is 0 Å². The van der Waals surface area contributed by atoms with Gasteiger partial charge in [-0.3, -0.25) is 4.79 Å². The number of rotatable bonds is 4. The van der Waals surface area contributed by atoms with Gasteiger partial charge in [0.2, 0.25) is 12.3 Å². The highest BCUT2D eigenvalue weighted by Gasteiger charge is 2.16. The van der Waals surface area contributed by atoms with Crippen LogP contribution in [0.4, 0.5) is 0 Å². The number of benzene rings is 2. The minimum absolute atomic E-state index is 0.119. The van der Waals surface area contributed by atoms with E-state index >= 15 is 0 Å². The molecule has 0 fully saturated rings. The van der Waals surface area contributed by atoms with Crippen LogP contribution >= 0.6 is 0 Å². The zero-order chi connectivity index (χ0) is 17.9. The van der Waals surface area contributed by atoms with Gasteiger partial charge < -0.3 is 0 Å². The topological polar surface area (TPSA) is 20.9 Å². The molecule has 3 rings (SSSR count). The number of hydrogen-bond acceptors (Lipinski definition) is 1. The van der Waals surface area contributed by atoms with Crippen molar-refractivity contribution >= 4 is 5.78 Å². The molecule has 0 spiro atoms. The van der Waals surface area contributed by atoms with Crippen LogP contribution in [-0.2, 0) is 12.0 Å². The molecule has 0 aliphatic heterocycles. The quantitative estimate of drug-likeness (QED) is 0.496. The van der Waals surface area contributed by atoms with E-state index in [0.717, 1.165) is 16.7 Å². The molecule has 0 bridgehead atoms. The monoisotopic (exact) mass is 330 g/mol. The van der Waals surface area contributed by atoms with Gasteiger partial charge in [-0.15, -0.1) is 0 Å². The third-order valence-corrected chi connectivity index (χ3v) is 4.40. The first kappa shape index (κ1) is 17.1. The van der Waals surface area contributed by atoms with Gasteiger partial charge in [0.25, 0.3) is 0 Å². The molecular formula is C23H24NO+. The second-order valence-corrected chi connectivity index (χ2v) is 7.38. The Kier molecular flexibility index (Phi) is 4.80. The molecule has 0 atom stereocenters. The molecule has 0 N–H and O–H groups in total. The summed E-state index contributed by atoms with van der Waals surface area (Å²) in [6.07, 6.45) is 3.97. The van der Waals surface area contributed by atoms with E-state index in [1.807, 2.05) is 59.4 Å². The predicted molar refractivity (Wildman–Crippen MR) is 102 cm³/mol. The SMILES string of the molecule is CC(C)(C)c1cc[n+](CC(=O)c2ccc(-c3ccccc3)cc2)cc1. The molecule has 0 aliphatic rings. The first-order chi connectivity index (χ1) is 11.9. The van der Waals surface area contributed by atoms with E-state index in [0.29, 0.717) is 6.54 Å². The molecule has 1 aromatic heterocycles. The van der Waals surface area contributed by atoms with E-state index in [9.17, 15) is 4.79 Å². The maximum atomic E-state index is 12.5. The summed E-state index contributed by atoms with van der Waals surface area (Å²) in [6, 6.07) is 22.2. The van der Waals surface area contributed by atoms with Gasteiger partial charge in [0, 0.05) is 17.7 Å². The second kappa shape index (κ2) is 7.02. The highest BCUT2D eigenvalue weighted by Crippen LogP contribution is 2.21. The molecule has 0 aliphatic carbocycles. The Labute approximate surface area is 149 Å². The van der Waals surface area contributed by atoms with E-state index in [4.69, 9.17) is 0 Å². The Bertz CT molecular complexity index is 841. The number of carbonyl (C=O) groups excluding carboxylic acids is 1. The lowest BCUT2D eigenvalue weighted by atomic mass is 9.88. The van der Waals surface area contributed by atoms with Crippen LogP contribution in [0, 0.1) is 0 Å². The summed E-state index contributed by atoms with van der Waals surface area (Å²) in [6.45, 7) is 6.92. The van der Waals surface area contributed by atoms with E-state index in [-0.39, 0.29) is 11.2 Å². The molecule has 0 saturated carbocycles. The Morgan fingerprint density at radius 3 is 1.92 bits per heavy atom. The summed E-state index contributed by atoms with van der Waals surface area (Å²) < 4.78 is 1.93. The van der Waals surface area contributed by atoms with Gasteiger partial charge >= 0.3 is 0 Å². The molecule has 126 valence electrons. The fourth-order valence-electron chi connectivity index (χ4n) is 2.80. The summed E-state index contributed by atoms with van der Waals surface area (Å²) >= 11 is 0. The normalized spacial score (nSPS) is 11.3. The van der Waals surface area contributed by atoms with Crippen molar-refractivity contribution in [3.63, 3.8) is 0 Å². The van der Waals surface area contributed by atoms with Crippen molar-refractivity contribution in [3.8, 4) is 11.1 Å². The Balaban J connectivity index is 1.71. The third-order valence-electron chi connectivity index (χ3n) is 4.40. The summed E-state index contributed by atoms with van der Waals surface area (Å²) in [4.78, 5) is 12.5. The molecule has 0 unspecified atom stereocenters. The Hall–Kier alpha value is -2.74. The van der Waals surface area contributed by atoms with Crippen LogP contribution in [0.25, 0.3) is 11.1 Å². The molecule has 0 saturated heterocycles. The van der Waals surface area contributed by atoms with E-state index in [1.54, 1.807) is 0 Å². The molecule has 2 heteroatoms. The van der Waals surface area contributed by atoms with Crippen LogP contribution in [0.2, 0.25) is 0 Å². The Morgan fingerprint density at radius 1 is 0.800 bits per heavy atom. The largest absolute Gasteiger partial charge is 0.287 e. The van der Waals surface area contributed by atoms with Gasteiger partial charge in [-0.1, -0.05) is 75.4 Å². The second-order valence-electron chi connectivity index (χ2n) is 7.38. The van der Waals surface area contributed by atoms with Crippen molar-refractivity contribution in [2.45, 2.75) is 32.7 Å². The lowest BCUT2D eigenvalue weighted by Crippen LogP contribution is -2.37. The number of nitrogens with zero attached hydrogens (tertiary/aromatic N) is 1. The van der Waals surface area contributed by atoms with E-state index < -0.39 is 0 Å². The van der Waals surface area contributed by atoms with Crippen LogP contribution in [0.15, 0.2) is 79.1 Å². The van der Waals surface area contributed by atoms with Crippen LogP contribution in [-0.4, -0.2) is 5.78 Å². The summed E-state index contributed by atoms with van der Waals surface area (Å²) in [7, 11) is 0. The maximum absolute atomic E-state index is 12.5. The number of aromatic nitrogens is 1. The standard InChI is InChI=1S/C23H24NO/c1-23(2,3)21-13-15-24(16-14-21)17-22(25)20-11-9-19(10-12-20)18-7-5-4-6-8-18/h4-16H,17H2,1-3H3/q+1. The molecule has 0 radical (unpaired) electrons. The van der Waals surface area contributed by atoms with Gasteiger partial charge in [0.05, 0.1) is 0 Å². The number of pyridine rings is 1. The van der Waals surface area contributed by atoms with Gasteiger partial charge in [0.1, 0.15) is 0 Å². The summed E-state index contributed by atoms with van der Waals surface area (Å²) in [5, 5.41) is 0. The fraction of sp³-hybridized carbons (Fsp3) is 0.217. The van der Waals surface area contributed by atoms with Crippen molar-refractivity contribution < 1.29 is 9.36 Å². The van der Waals surface area contributed by atoms with Crippen molar-refractivity contribution in [1.82, 2.24) is 0 Å². The fourth-order valence-corrected chi connectivity index (χ4v) is 2.80. The molecule has 0 amide bonds. The van der Waals surface area contributed by atoms with Gasteiger partial charge in [-0.2, -0.15) is 4.57 Å². The maximum Gasteiger partial charge on any atom is 0.227 e. The van der Waals surface area contributed by atoms with E-state index in [1.165, 1.54) is 5.56 Å². The zero-order valence-electron chi connectivity index (χ0n) is 15.1. The summed E-state index contributed by atoms with van der Waals surface area (Å²) in [5.41, 5.74) is 4.42. The average Bonchev–Trinajstić information content (AvgIpc) is 2.62. The minimum Gasteiger partial charge on any atom is -0.287 e. The zero-order valence-corrected chi connectivity index (χ0v) is 15.1. The Morgan fingerprint density at radius 2 is 1.36 bits per heavy atom. The minimum atomic E-state index is 0.119. The van der Waals surface area contributed by atoms with E-state index in [2.05, 4.69) is 45.0 Å². The number of carbonyl (C=O) groups is 1. The molecule has 25 heavy (non-hydrogen) atoms. The predicted octanol–water partition coefficient (Wildman–Crippen LogP) is 4.82. The number of hydrogen-bond donors (Lipinski definition) is 0. The van der Waals surface area contributed by atoms with Gasteiger partial charge in [-0.05, 0) is 22.1 Å². The van der Waals surface area contributed by atoms with Crippen LogP contribution in [0.3, 0.4) is 0 Å². The number of Topliss-reactive ketones (excluding diaryl/α,β-unsaturated/α-hetero) is 1.